The molecule has 0 bridgehead atoms. The highest BCUT2D eigenvalue weighted by atomic mass is 16.6. The molecule has 1 heterocycles. The highest BCUT2D eigenvalue weighted by molar-refractivity contribution is 5.83. The van der Waals surface area contributed by atoms with Crippen molar-refractivity contribution in [1.29, 1.82) is 0 Å². The summed E-state index contributed by atoms with van der Waals surface area (Å²) in [4.78, 5) is 27.9. The number of Topliss-reactive ketones (excluding diaryl/α,β-unsaturated/α-hetero) is 1. The Balaban J connectivity index is 1.92. The minimum absolute atomic E-state index is 0.134. The van der Waals surface area contributed by atoms with E-state index >= 15 is 0 Å². The fraction of sp³-hybridized carbons (Fsp3) is 0.556. The molecule has 0 aromatic heterocycles. The van der Waals surface area contributed by atoms with Crippen LogP contribution in [0.3, 0.4) is 0 Å². The van der Waals surface area contributed by atoms with E-state index in [1.54, 1.807) is 11.8 Å². The minimum Gasteiger partial charge on any atom is -0.449 e. The highest BCUT2D eigenvalue weighted by Gasteiger charge is 2.29. The van der Waals surface area contributed by atoms with Crippen molar-refractivity contribution < 1.29 is 14.3 Å². The van der Waals surface area contributed by atoms with Crippen LogP contribution in [-0.4, -0.2) is 54.5 Å². The van der Waals surface area contributed by atoms with E-state index in [2.05, 4.69) is 11.8 Å². The third kappa shape index (κ3) is 4.79. The molecular weight excluding hydrogens is 292 g/mol. The van der Waals surface area contributed by atoms with Gasteiger partial charge in [0.1, 0.15) is 0 Å². The summed E-state index contributed by atoms with van der Waals surface area (Å²) >= 11 is 0. The van der Waals surface area contributed by atoms with Crippen LogP contribution in [0.15, 0.2) is 30.3 Å². The Labute approximate surface area is 138 Å². The summed E-state index contributed by atoms with van der Waals surface area (Å²) in [6, 6.07) is 9.59. The molecule has 5 heteroatoms. The predicted molar refractivity (Wildman–Crippen MR) is 89.3 cm³/mol. The third-order valence-electron chi connectivity index (χ3n) is 4.16. The first-order valence-electron chi connectivity index (χ1n) is 8.34. The number of ether oxygens (including phenoxy) is 1. The molecular formula is C18H26N2O3. The van der Waals surface area contributed by atoms with E-state index in [1.165, 1.54) is 0 Å². The summed E-state index contributed by atoms with van der Waals surface area (Å²) in [7, 11) is 0. The lowest BCUT2D eigenvalue weighted by Gasteiger charge is -2.38. The van der Waals surface area contributed by atoms with Gasteiger partial charge in [0, 0.05) is 26.2 Å². The fourth-order valence-corrected chi connectivity index (χ4v) is 2.90. The highest BCUT2D eigenvalue weighted by Crippen LogP contribution is 2.23. The van der Waals surface area contributed by atoms with Crippen LogP contribution in [0.4, 0.5) is 4.79 Å². The number of carbonyl (C=O) groups excluding carboxylic acids is 2. The van der Waals surface area contributed by atoms with E-state index in [1.807, 2.05) is 30.3 Å². The number of hydrogen-bond donors (Lipinski definition) is 0. The average molecular weight is 318 g/mol. The van der Waals surface area contributed by atoms with Crippen LogP contribution in [0.2, 0.25) is 0 Å². The van der Waals surface area contributed by atoms with Crippen molar-refractivity contribution in [3.05, 3.63) is 35.9 Å². The van der Waals surface area contributed by atoms with Crippen molar-refractivity contribution in [1.82, 2.24) is 9.80 Å². The maximum Gasteiger partial charge on any atom is 0.409 e. The Morgan fingerprint density at radius 2 is 1.78 bits per heavy atom. The summed E-state index contributed by atoms with van der Waals surface area (Å²) in [6.07, 6.45) is 1.67. The largest absolute Gasteiger partial charge is 0.449 e. The van der Waals surface area contributed by atoms with Crippen LogP contribution in [-0.2, 0) is 9.53 Å². The number of piperazine rings is 1. The van der Waals surface area contributed by atoms with Crippen molar-refractivity contribution in [2.24, 2.45) is 0 Å². The van der Waals surface area contributed by atoms with Crippen molar-refractivity contribution in [2.75, 3.05) is 32.8 Å². The molecule has 1 saturated heterocycles. The van der Waals surface area contributed by atoms with Gasteiger partial charge < -0.3 is 9.64 Å². The van der Waals surface area contributed by atoms with Crippen LogP contribution in [0.5, 0.6) is 0 Å². The first-order valence-corrected chi connectivity index (χ1v) is 8.34. The van der Waals surface area contributed by atoms with Crippen LogP contribution >= 0.6 is 0 Å². The fourth-order valence-electron chi connectivity index (χ4n) is 2.90. The molecule has 126 valence electrons. The normalized spacial score (nSPS) is 16.9. The zero-order valence-corrected chi connectivity index (χ0v) is 14.0. The number of nitrogens with zero attached hydrogens (tertiary/aromatic N) is 2. The standard InChI is InChI=1S/C18H26N2O3/c1-3-4-14-23-18(22)20-12-10-19(11-13-20)17(15(2)21)16-8-6-5-7-9-16/h5-9,17H,3-4,10-14H2,1-2H3/t17-/m0/s1. The van der Waals surface area contributed by atoms with Gasteiger partial charge in [-0.05, 0) is 18.9 Å². The molecule has 2 rings (SSSR count). The van der Waals surface area contributed by atoms with Gasteiger partial charge in [-0.25, -0.2) is 4.79 Å². The molecule has 0 spiro atoms. The monoisotopic (exact) mass is 318 g/mol. The summed E-state index contributed by atoms with van der Waals surface area (Å²) in [6.45, 7) is 6.74. The average Bonchev–Trinajstić information content (AvgIpc) is 2.56. The summed E-state index contributed by atoms with van der Waals surface area (Å²) < 4.78 is 5.25. The summed E-state index contributed by atoms with van der Waals surface area (Å²) in [5, 5.41) is 0. The van der Waals surface area contributed by atoms with Gasteiger partial charge in [0.15, 0.2) is 5.78 Å². The second kappa shape index (κ2) is 8.67. The molecule has 1 aliphatic heterocycles. The molecule has 1 atom stereocenters. The zero-order chi connectivity index (χ0) is 16.7. The lowest BCUT2D eigenvalue weighted by molar-refractivity contribution is -0.123. The van der Waals surface area contributed by atoms with Gasteiger partial charge in [-0.3, -0.25) is 9.69 Å². The number of amides is 1. The van der Waals surface area contributed by atoms with Crippen LogP contribution in [0, 0.1) is 0 Å². The van der Waals surface area contributed by atoms with Gasteiger partial charge in [-0.2, -0.15) is 0 Å². The first kappa shape index (κ1) is 17.5. The zero-order valence-electron chi connectivity index (χ0n) is 14.0. The SMILES string of the molecule is CCCCOC(=O)N1CCN([C@@H](C(C)=O)c2ccccc2)CC1. The van der Waals surface area contributed by atoms with E-state index in [0.29, 0.717) is 32.8 Å². The molecule has 1 aliphatic rings. The first-order chi connectivity index (χ1) is 11.1. The van der Waals surface area contributed by atoms with Gasteiger partial charge in [-0.1, -0.05) is 43.7 Å². The molecule has 0 aliphatic carbocycles. The molecule has 0 unspecified atom stereocenters. The lowest BCUT2D eigenvalue weighted by atomic mass is 10.0. The number of carbonyl (C=O) groups is 2. The van der Waals surface area contributed by atoms with Crippen LogP contribution in [0.1, 0.15) is 38.3 Å². The molecule has 23 heavy (non-hydrogen) atoms. The second-order valence-electron chi connectivity index (χ2n) is 5.91. The smallest absolute Gasteiger partial charge is 0.409 e. The molecule has 1 aromatic rings. The molecule has 0 radical (unpaired) electrons. The Hall–Kier alpha value is -1.88. The van der Waals surface area contributed by atoms with Crippen molar-refractivity contribution >= 4 is 11.9 Å². The van der Waals surface area contributed by atoms with Crippen molar-refractivity contribution in [3.8, 4) is 0 Å². The number of hydrogen-bond acceptors (Lipinski definition) is 4. The molecule has 5 nitrogen and oxygen atoms in total. The van der Waals surface area contributed by atoms with E-state index in [4.69, 9.17) is 4.74 Å². The Morgan fingerprint density at radius 1 is 1.13 bits per heavy atom. The Bertz CT molecular complexity index is 510. The van der Waals surface area contributed by atoms with Gasteiger partial charge in [0.25, 0.3) is 0 Å². The maximum atomic E-state index is 12.1. The number of rotatable bonds is 6. The lowest BCUT2D eigenvalue weighted by Crippen LogP contribution is -2.50. The van der Waals surface area contributed by atoms with Crippen LogP contribution < -0.4 is 0 Å². The van der Waals surface area contributed by atoms with Gasteiger partial charge in [0.2, 0.25) is 0 Å². The Morgan fingerprint density at radius 3 is 2.35 bits per heavy atom. The van der Waals surface area contributed by atoms with Gasteiger partial charge >= 0.3 is 6.09 Å². The molecule has 0 saturated carbocycles. The molecule has 1 fully saturated rings. The summed E-state index contributed by atoms with van der Waals surface area (Å²) in [5.74, 6) is 0.134. The second-order valence-corrected chi connectivity index (χ2v) is 5.91. The van der Waals surface area contributed by atoms with E-state index in [-0.39, 0.29) is 17.9 Å². The Kier molecular flexibility index (Phi) is 6.59. The van der Waals surface area contributed by atoms with Crippen molar-refractivity contribution in [3.63, 3.8) is 0 Å². The van der Waals surface area contributed by atoms with Gasteiger partial charge in [0.05, 0.1) is 12.6 Å². The molecule has 1 aromatic carbocycles. The third-order valence-corrected chi connectivity index (χ3v) is 4.16. The number of ketones is 1. The number of benzene rings is 1. The quantitative estimate of drug-likeness (QED) is 0.757. The molecule has 1 amide bonds. The molecule has 0 N–H and O–H groups in total. The van der Waals surface area contributed by atoms with E-state index in [9.17, 15) is 9.59 Å². The van der Waals surface area contributed by atoms with Crippen molar-refractivity contribution in [2.45, 2.75) is 32.7 Å². The predicted octanol–water partition coefficient (Wildman–Crippen LogP) is 2.87. The topological polar surface area (TPSA) is 49.9 Å². The van der Waals surface area contributed by atoms with E-state index in [0.717, 1.165) is 18.4 Å². The van der Waals surface area contributed by atoms with Crippen LogP contribution in [0.25, 0.3) is 0 Å². The number of unbranched alkanes of at least 4 members (excludes halogenated alkanes) is 1. The van der Waals surface area contributed by atoms with Gasteiger partial charge in [-0.15, -0.1) is 0 Å². The van der Waals surface area contributed by atoms with E-state index < -0.39 is 0 Å². The minimum atomic E-state index is -0.239. The maximum absolute atomic E-state index is 12.1. The summed E-state index contributed by atoms with van der Waals surface area (Å²) in [5.41, 5.74) is 1.01.